The van der Waals surface area contributed by atoms with Gasteiger partial charge in [-0.3, -0.25) is 0 Å². The van der Waals surface area contributed by atoms with Gasteiger partial charge in [-0.25, -0.2) is 0 Å². The summed E-state index contributed by atoms with van der Waals surface area (Å²) in [5.74, 6) is 0. The first kappa shape index (κ1) is 13.5. The molecule has 0 bridgehead atoms. The number of nitrogens with zero attached hydrogens (tertiary/aromatic N) is 1. The van der Waals surface area contributed by atoms with Crippen molar-refractivity contribution in [2.24, 2.45) is 0 Å². The quantitative estimate of drug-likeness (QED) is 0.823. The van der Waals surface area contributed by atoms with Crippen LogP contribution >= 0.6 is 11.6 Å². The maximum atomic E-state index is 6.11. The minimum atomic E-state index is 0.550. The van der Waals surface area contributed by atoms with Crippen LogP contribution in [0, 0.1) is 0 Å². The summed E-state index contributed by atoms with van der Waals surface area (Å²) in [4.78, 5) is 2.27. The number of nitrogens with one attached hydrogen (secondary N) is 1. The zero-order valence-corrected chi connectivity index (χ0v) is 11.1. The van der Waals surface area contributed by atoms with Crippen molar-refractivity contribution < 1.29 is 0 Å². The second-order valence-corrected chi connectivity index (χ2v) is 4.85. The van der Waals surface area contributed by atoms with E-state index in [1.54, 1.807) is 0 Å². The molecule has 16 heavy (non-hydrogen) atoms. The van der Waals surface area contributed by atoms with E-state index in [2.05, 4.69) is 37.2 Å². The highest BCUT2D eigenvalue weighted by Crippen LogP contribution is 2.15. The molecule has 1 rings (SSSR count). The fraction of sp³-hybridized carbons (Fsp3) is 0.538. The summed E-state index contributed by atoms with van der Waals surface area (Å²) in [6, 6.07) is 8.56. The largest absolute Gasteiger partial charge is 0.313 e. The Bertz CT molecular complexity index is 313. The van der Waals surface area contributed by atoms with Crippen LogP contribution in [0.2, 0.25) is 5.02 Å². The van der Waals surface area contributed by atoms with E-state index < -0.39 is 0 Å². The first-order valence-electron chi connectivity index (χ1n) is 5.75. The van der Waals surface area contributed by atoms with Crippen LogP contribution in [0.1, 0.15) is 19.4 Å². The van der Waals surface area contributed by atoms with Crippen LogP contribution in [0.25, 0.3) is 0 Å². The zero-order chi connectivity index (χ0) is 12.0. The van der Waals surface area contributed by atoms with Crippen LogP contribution < -0.4 is 5.32 Å². The lowest BCUT2D eigenvalue weighted by atomic mass is 10.2. The van der Waals surface area contributed by atoms with Crippen molar-refractivity contribution >= 4 is 11.6 Å². The topological polar surface area (TPSA) is 15.3 Å². The Morgan fingerprint density at radius 3 is 2.62 bits per heavy atom. The van der Waals surface area contributed by atoms with Gasteiger partial charge in [0.2, 0.25) is 0 Å². The van der Waals surface area contributed by atoms with E-state index >= 15 is 0 Å². The normalized spacial score (nSPS) is 11.4. The van der Waals surface area contributed by atoms with Crippen molar-refractivity contribution in [1.82, 2.24) is 10.2 Å². The summed E-state index contributed by atoms with van der Waals surface area (Å²) < 4.78 is 0. The van der Waals surface area contributed by atoms with Crippen LogP contribution in [0.4, 0.5) is 0 Å². The lowest BCUT2D eigenvalue weighted by molar-refractivity contribution is 0.320. The van der Waals surface area contributed by atoms with Gasteiger partial charge in [-0.2, -0.15) is 0 Å². The maximum absolute atomic E-state index is 6.11. The third-order valence-corrected chi connectivity index (χ3v) is 2.81. The van der Waals surface area contributed by atoms with E-state index in [0.29, 0.717) is 6.04 Å². The lowest BCUT2D eigenvalue weighted by Gasteiger charge is -2.18. The van der Waals surface area contributed by atoms with E-state index in [1.165, 1.54) is 5.56 Å². The predicted molar refractivity (Wildman–Crippen MR) is 70.9 cm³/mol. The standard InChI is InChI=1S/C13H21ClN2/c1-11(2)15-8-9-16(3)10-12-6-4-5-7-13(12)14/h4-7,11,15H,8-10H2,1-3H3. The third kappa shape index (κ3) is 4.97. The number of likely N-dealkylation sites (N-methyl/N-ethyl adjacent to an activating group) is 1. The fourth-order valence-corrected chi connectivity index (χ4v) is 1.74. The fourth-order valence-electron chi connectivity index (χ4n) is 1.54. The van der Waals surface area contributed by atoms with Crippen LogP contribution in [0.15, 0.2) is 24.3 Å². The molecule has 1 N–H and O–H groups in total. The van der Waals surface area contributed by atoms with Crippen molar-refractivity contribution in [2.45, 2.75) is 26.4 Å². The predicted octanol–water partition coefficient (Wildman–Crippen LogP) is 2.77. The lowest BCUT2D eigenvalue weighted by Crippen LogP contribution is -2.32. The van der Waals surface area contributed by atoms with Crippen LogP contribution in [-0.4, -0.2) is 31.1 Å². The molecule has 0 aromatic heterocycles. The Balaban J connectivity index is 2.34. The molecule has 0 amide bonds. The molecular weight excluding hydrogens is 220 g/mol. The molecule has 0 aliphatic carbocycles. The molecule has 0 fully saturated rings. The maximum Gasteiger partial charge on any atom is 0.0451 e. The van der Waals surface area contributed by atoms with Gasteiger partial charge in [0.15, 0.2) is 0 Å². The molecule has 0 spiro atoms. The summed E-state index contributed by atoms with van der Waals surface area (Å²) in [7, 11) is 2.12. The van der Waals surface area contributed by atoms with Crippen LogP contribution in [0.3, 0.4) is 0 Å². The van der Waals surface area contributed by atoms with E-state index in [1.807, 2.05) is 18.2 Å². The second kappa shape index (κ2) is 6.89. The van der Waals surface area contributed by atoms with Crippen LogP contribution in [-0.2, 0) is 6.54 Å². The smallest absolute Gasteiger partial charge is 0.0451 e. The molecule has 0 aliphatic rings. The molecule has 0 heterocycles. The number of hydrogen-bond acceptors (Lipinski definition) is 2. The van der Waals surface area contributed by atoms with Gasteiger partial charge in [-0.1, -0.05) is 43.6 Å². The van der Waals surface area contributed by atoms with Gasteiger partial charge >= 0.3 is 0 Å². The van der Waals surface area contributed by atoms with Gasteiger partial charge in [0.25, 0.3) is 0 Å². The van der Waals surface area contributed by atoms with Crippen molar-refractivity contribution in [2.75, 3.05) is 20.1 Å². The number of rotatable bonds is 6. The van der Waals surface area contributed by atoms with E-state index in [0.717, 1.165) is 24.7 Å². The Morgan fingerprint density at radius 2 is 2.00 bits per heavy atom. The van der Waals surface area contributed by atoms with E-state index in [-0.39, 0.29) is 0 Å². The molecule has 0 radical (unpaired) electrons. The van der Waals surface area contributed by atoms with Crippen molar-refractivity contribution in [3.05, 3.63) is 34.9 Å². The van der Waals surface area contributed by atoms with E-state index in [4.69, 9.17) is 11.6 Å². The average molecular weight is 241 g/mol. The summed E-state index contributed by atoms with van der Waals surface area (Å²) in [6.07, 6.45) is 0. The highest BCUT2D eigenvalue weighted by atomic mass is 35.5. The Kier molecular flexibility index (Phi) is 5.81. The van der Waals surface area contributed by atoms with Crippen molar-refractivity contribution in [3.8, 4) is 0 Å². The SMILES string of the molecule is CC(C)NCCN(C)Cc1ccccc1Cl. The minimum absolute atomic E-state index is 0.550. The van der Waals surface area contributed by atoms with Gasteiger partial charge in [-0.05, 0) is 18.7 Å². The highest BCUT2D eigenvalue weighted by Gasteiger charge is 2.03. The van der Waals surface area contributed by atoms with Gasteiger partial charge in [0.1, 0.15) is 0 Å². The van der Waals surface area contributed by atoms with Crippen molar-refractivity contribution in [3.63, 3.8) is 0 Å². The molecule has 0 aliphatic heterocycles. The third-order valence-electron chi connectivity index (χ3n) is 2.44. The highest BCUT2D eigenvalue weighted by molar-refractivity contribution is 6.31. The van der Waals surface area contributed by atoms with Crippen molar-refractivity contribution in [1.29, 1.82) is 0 Å². The molecule has 0 saturated carbocycles. The molecular formula is C13H21ClN2. The molecule has 0 atom stereocenters. The van der Waals surface area contributed by atoms with E-state index in [9.17, 15) is 0 Å². The Morgan fingerprint density at radius 1 is 1.31 bits per heavy atom. The number of halogens is 1. The summed E-state index contributed by atoms with van der Waals surface area (Å²) in [5.41, 5.74) is 1.19. The second-order valence-electron chi connectivity index (χ2n) is 4.44. The molecule has 90 valence electrons. The first-order chi connectivity index (χ1) is 7.59. The zero-order valence-electron chi connectivity index (χ0n) is 10.3. The summed E-state index contributed by atoms with van der Waals surface area (Å²) in [5, 5.41) is 4.26. The summed E-state index contributed by atoms with van der Waals surface area (Å²) in [6.45, 7) is 7.27. The van der Waals surface area contributed by atoms with Gasteiger partial charge in [0, 0.05) is 30.7 Å². The molecule has 3 heteroatoms. The minimum Gasteiger partial charge on any atom is -0.313 e. The van der Waals surface area contributed by atoms with Gasteiger partial charge in [0.05, 0.1) is 0 Å². The van der Waals surface area contributed by atoms with Gasteiger partial charge < -0.3 is 10.2 Å². The Labute approximate surface area is 104 Å². The molecule has 1 aromatic rings. The molecule has 0 saturated heterocycles. The Hall–Kier alpha value is -0.570. The average Bonchev–Trinajstić information content (AvgIpc) is 2.21. The monoisotopic (exact) mass is 240 g/mol. The first-order valence-corrected chi connectivity index (χ1v) is 6.12. The summed E-state index contributed by atoms with van der Waals surface area (Å²) >= 11 is 6.11. The number of hydrogen-bond donors (Lipinski definition) is 1. The van der Waals surface area contributed by atoms with Crippen LogP contribution in [0.5, 0.6) is 0 Å². The van der Waals surface area contributed by atoms with Gasteiger partial charge in [-0.15, -0.1) is 0 Å². The molecule has 2 nitrogen and oxygen atoms in total. The molecule has 1 aromatic carbocycles. The molecule has 0 unspecified atom stereocenters. The number of benzene rings is 1.